The number of pyridine rings is 1. The van der Waals surface area contributed by atoms with Gasteiger partial charge in [-0.05, 0) is 49.4 Å². The number of amides is 1. The quantitative estimate of drug-likeness (QED) is 0.832. The summed E-state index contributed by atoms with van der Waals surface area (Å²) in [6.45, 7) is 0.471. The van der Waals surface area contributed by atoms with Crippen molar-refractivity contribution in [3.8, 4) is 5.75 Å². The molecule has 2 bridgehead atoms. The van der Waals surface area contributed by atoms with Gasteiger partial charge in [-0.25, -0.2) is 13.4 Å². The Morgan fingerprint density at radius 3 is 2.68 bits per heavy atom. The SMILES string of the molecule is COc1cccnc1NC(=O)[C@@H]1C[C@@H]2CC[C@H]1N(S(=O)(=O)c1ccccc1)C2. The number of aromatic nitrogens is 1. The molecular weight excluding hydrogens is 378 g/mol. The molecule has 1 saturated carbocycles. The highest BCUT2D eigenvalue weighted by atomic mass is 32.2. The lowest BCUT2D eigenvalue weighted by Crippen LogP contribution is -2.57. The topological polar surface area (TPSA) is 88.6 Å². The van der Waals surface area contributed by atoms with Crippen LogP contribution in [0.2, 0.25) is 0 Å². The fourth-order valence-electron chi connectivity index (χ4n) is 4.29. The van der Waals surface area contributed by atoms with Crippen LogP contribution in [0.1, 0.15) is 19.3 Å². The number of anilines is 1. The predicted molar refractivity (Wildman–Crippen MR) is 104 cm³/mol. The number of nitrogens with zero attached hydrogens (tertiary/aromatic N) is 2. The smallest absolute Gasteiger partial charge is 0.243 e. The summed E-state index contributed by atoms with van der Waals surface area (Å²) < 4.78 is 33.1. The van der Waals surface area contributed by atoms with Crippen LogP contribution in [0.3, 0.4) is 0 Å². The van der Waals surface area contributed by atoms with Gasteiger partial charge in [0.2, 0.25) is 15.9 Å². The van der Waals surface area contributed by atoms with E-state index in [2.05, 4.69) is 10.3 Å². The molecule has 148 valence electrons. The monoisotopic (exact) mass is 401 g/mol. The van der Waals surface area contributed by atoms with Gasteiger partial charge in [0.05, 0.1) is 17.9 Å². The van der Waals surface area contributed by atoms with E-state index in [9.17, 15) is 13.2 Å². The third-order valence-electron chi connectivity index (χ3n) is 5.65. The van der Waals surface area contributed by atoms with Crippen LogP contribution in [-0.2, 0) is 14.8 Å². The highest BCUT2D eigenvalue weighted by Crippen LogP contribution is 2.42. The van der Waals surface area contributed by atoms with Crippen LogP contribution in [0.4, 0.5) is 5.82 Å². The number of piperidine rings is 2. The minimum absolute atomic E-state index is 0.185. The predicted octanol–water partition coefficient (Wildman–Crippen LogP) is 2.52. The van der Waals surface area contributed by atoms with E-state index < -0.39 is 15.9 Å². The molecule has 1 N–H and O–H groups in total. The molecular formula is C20H23N3O4S. The second-order valence-electron chi connectivity index (χ2n) is 7.28. The molecule has 2 aromatic rings. The lowest BCUT2D eigenvalue weighted by molar-refractivity contribution is -0.125. The molecule has 7 nitrogen and oxygen atoms in total. The number of nitrogens with one attached hydrogen (secondary N) is 1. The van der Waals surface area contributed by atoms with Gasteiger partial charge in [-0.1, -0.05) is 18.2 Å². The zero-order valence-electron chi connectivity index (χ0n) is 15.6. The first-order chi connectivity index (χ1) is 13.5. The molecule has 1 amide bonds. The molecule has 1 aromatic heterocycles. The summed E-state index contributed by atoms with van der Waals surface area (Å²) in [4.78, 5) is 17.5. The van der Waals surface area contributed by atoms with Gasteiger partial charge in [0.1, 0.15) is 0 Å². The summed E-state index contributed by atoms with van der Waals surface area (Å²) in [7, 11) is -2.11. The highest BCUT2D eigenvalue weighted by Gasteiger charge is 2.48. The van der Waals surface area contributed by atoms with E-state index in [0.29, 0.717) is 31.0 Å². The lowest BCUT2D eigenvalue weighted by Gasteiger charge is -2.48. The minimum atomic E-state index is -3.63. The van der Waals surface area contributed by atoms with Crippen molar-refractivity contribution < 1.29 is 17.9 Å². The number of hydrogen-bond acceptors (Lipinski definition) is 5. The van der Waals surface area contributed by atoms with Crippen LogP contribution in [0.15, 0.2) is 53.6 Å². The molecule has 0 radical (unpaired) electrons. The van der Waals surface area contributed by atoms with Crippen LogP contribution in [0.5, 0.6) is 5.75 Å². The Labute approximate surface area is 164 Å². The van der Waals surface area contributed by atoms with Crippen molar-refractivity contribution >= 4 is 21.7 Å². The molecule has 1 aromatic carbocycles. The largest absolute Gasteiger partial charge is 0.493 e. The molecule has 28 heavy (non-hydrogen) atoms. The van der Waals surface area contributed by atoms with E-state index in [-0.39, 0.29) is 22.8 Å². The maximum Gasteiger partial charge on any atom is 0.243 e. The molecule has 5 rings (SSSR count). The van der Waals surface area contributed by atoms with Gasteiger partial charge in [-0.2, -0.15) is 4.31 Å². The third-order valence-corrected chi connectivity index (χ3v) is 7.55. The van der Waals surface area contributed by atoms with E-state index >= 15 is 0 Å². The highest BCUT2D eigenvalue weighted by molar-refractivity contribution is 7.89. The van der Waals surface area contributed by atoms with Crippen molar-refractivity contribution in [2.24, 2.45) is 11.8 Å². The van der Waals surface area contributed by atoms with E-state index in [1.807, 2.05) is 0 Å². The summed E-state index contributed by atoms with van der Waals surface area (Å²) in [5.41, 5.74) is 0. The number of benzene rings is 1. The molecule has 2 aliphatic heterocycles. The van der Waals surface area contributed by atoms with Crippen molar-refractivity contribution in [2.75, 3.05) is 19.0 Å². The number of carbonyl (C=O) groups excluding carboxylic acids is 1. The molecule has 0 unspecified atom stereocenters. The van der Waals surface area contributed by atoms with Crippen molar-refractivity contribution in [3.05, 3.63) is 48.7 Å². The van der Waals surface area contributed by atoms with Crippen molar-refractivity contribution in [2.45, 2.75) is 30.2 Å². The maximum absolute atomic E-state index is 13.2. The van der Waals surface area contributed by atoms with Gasteiger partial charge < -0.3 is 10.1 Å². The van der Waals surface area contributed by atoms with Crippen LogP contribution >= 0.6 is 0 Å². The standard InChI is InChI=1S/C20H23N3O4S/c1-27-18-8-5-11-21-19(18)22-20(24)16-12-14-9-10-17(16)23(13-14)28(25,26)15-6-3-2-4-7-15/h2-8,11,14,16-17H,9-10,12-13H2,1H3,(H,21,22,24)/t14-,16+,17+/m0/s1. The zero-order valence-corrected chi connectivity index (χ0v) is 16.4. The van der Waals surface area contributed by atoms with E-state index in [1.54, 1.807) is 48.7 Å². The number of carbonyl (C=O) groups is 1. The molecule has 2 saturated heterocycles. The van der Waals surface area contributed by atoms with Gasteiger partial charge in [0, 0.05) is 18.8 Å². The number of hydrogen-bond donors (Lipinski definition) is 1. The van der Waals surface area contributed by atoms with Crippen molar-refractivity contribution in [1.82, 2.24) is 9.29 Å². The van der Waals surface area contributed by atoms with E-state index in [4.69, 9.17) is 4.74 Å². The first-order valence-electron chi connectivity index (χ1n) is 9.37. The Morgan fingerprint density at radius 2 is 1.96 bits per heavy atom. The summed E-state index contributed by atoms with van der Waals surface area (Å²) >= 11 is 0. The van der Waals surface area contributed by atoms with Gasteiger partial charge in [-0.15, -0.1) is 0 Å². The average molecular weight is 401 g/mol. The Hall–Kier alpha value is -2.45. The Morgan fingerprint density at radius 1 is 1.18 bits per heavy atom. The van der Waals surface area contributed by atoms with E-state index in [1.165, 1.54) is 11.4 Å². The number of rotatable bonds is 5. The summed E-state index contributed by atoms with van der Waals surface area (Å²) in [5.74, 6) is 0.404. The number of sulfonamides is 1. The first-order valence-corrected chi connectivity index (χ1v) is 10.8. The molecule has 8 heteroatoms. The summed E-state index contributed by atoms with van der Waals surface area (Å²) in [5, 5.41) is 2.83. The normalized spacial score (nSPS) is 24.7. The van der Waals surface area contributed by atoms with Crippen LogP contribution in [0, 0.1) is 11.8 Å². The molecule has 3 atom stereocenters. The van der Waals surface area contributed by atoms with Crippen LogP contribution in [-0.4, -0.2) is 43.3 Å². The number of ether oxygens (including phenoxy) is 1. The van der Waals surface area contributed by atoms with Gasteiger partial charge in [0.25, 0.3) is 0 Å². The fraction of sp³-hybridized carbons (Fsp3) is 0.400. The van der Waals surface area contributed by atoms with Crippen LogP contribution < -0.4 is 10.1 Å². The van der Waals surface area contributed by atoms with Crippen LogP contribution in [0.25, 0.3) is 0 Å². The average Bonchev–Trinajstić information content (AvgIpc) is 2.75. The minimum Gasteiger partial charge on any atom is -0.493 e. The Bertz CT molecular complexity index is 964. The Balaban J connectivity index is 1.59. The third kappa shape index (κ3) is 3.38. The second kappa shape index (κ2) is 7.52. The Kier molecular flexibility index (Phi) is 5.07. The second-order valence-corrected chi connectivity index (χ2v) is 9.17. The molecule has 0 spiro atoms. The molecule has 3 heterocycles. The van der Waals surface area contributed by atoms with Crippen molar-refractivity contribution in [1.29, 1.82) is 0 Å². The molecule has 3 aliphatic rings. The fourth-order valence-corrected chi connectivity index (χ4v) is 6.07. The summed E-state index contributed by atoms with van der Waals surface area (Å²) in [6.07, 6.45) is 3.90. The van der Waals surface area contributed by atoms with Gasteiger partial charge >= 0.3 is 0 Å². The number of methoxy groups -OCH3 is 1. The van der Waals surface area contributed by atoms with Gasteiger partial charge in [0.15, 0.2) is 11.6 Å². The summed E-state index contributed by atoms with van der Waals surface area (Å²) in [6, 6.07) is 11.5. The van der Waals surface area contributed by atoms with Crippen molar-refractivity contribution in [3.63, 3.8) is 0 Å². The van der Waals surface area contributed by atoms with Gasteiger partial charge in [-0.3, -0.25) is 4.79 Å². The first kappa shape index (κ1) is 18.9. The maximum atomic E-state index is 13.2. The number of fused-ring (bicyclic) bond motifs is 3. The zero-order chi connectivity index (χ0) is 19.7. The molecule has 1 aliphatic carbocycles. The lowest BCUT2D eigenvalue weighted by atomic mass is 9.73. The molecule has 3 fully saturated rings. The van der Waals surface area contributed by atoms with E-state index in [0.717, 1.165) is 6.42 Å².